The van der Waals surface area contributed by atoms with Gasteiger partial charge in [0.05, 0.1) is 7.11 Å². The fourth-order valence-electron chi connectivity index (χ4n) is 1.70. The molecular formula is C10H18N2O2. The molecule has 1 rings (SSSR count). The summed E-state index contributed by atoms with van der Waals surface area (Å²) in [6, 6.07) is 0. The summed E-state index contributed by atoms with van der Waals surface area (Å²) in [5, 5.41) is 4.01. The highest BCUT2D eigenvalue weighted by molar-refractivity contribution is 5.86. The van der Waals surface area contributed by atoms with Crippen molar-refractivity contribution in [1.82, 2.24) is 5.43 Å². The Morgan fingerprint density at radius 3 is 2.71 bits per heavy atom. The van der Waals surface area contributed by atoms with Crippen LogP contribution in [-0.4, -0.2) is 18.9 Å². The van der Waals surface area contributed by atoms with Gasteiger partial charge in [-0.05, 0) is 31.6 Å². The molecule has 0 heterocycles. The van der Waals surface area contributed by atoms with E-state index in [-0.39, 0.29) is 0 Å². The lowest BCUT2D eigenvalue weighted by atomic mass is 9.86. The average molecular weight is 198 g/mol. The molecule has 14 heavy (non-hydrogen) atoms. The maximum Gasteiger partial charge on any atom is 0.427 e. The lowest BCUT2D eigenvalue weighted by molar-refractivity contribution is 0.171. The number of hydrazone groups is 1. The molecule has 1 fully saturated rings. The molecule has 1 aliphatic rings. The van der Waals surface area contributed by atoms with E-state index in [1.807, 2.05) is 0 Å². The van der Waals surface area contributed by atoms with Crippen molar-refractivity contribution in [2.45, 2.75) is 39.0 Å². The van der Waals surface area contributed by atoms with Crippen LogP contribution in [0, 0.1) is 5.92 Å². The van der Waals surface area contributed by atoms with Gasteiger partial charge >= 0.3 is 6.09 Å². The third-order valence-electron chi connectivity index (χ3n) is 2.75. The third-order valence-corrected chi connectivity index (χ3v) is 2.75. The van der Waals surface area contributed by atoms with Gasteiger partial charge in [0.15, 0.2) is 0 Å². The Balaban J connectivity index is 2.30. The lowest BCUT2D eigenvalue weighted by Crippen LogP contribution is -2.21. The minimum absolute atomic E-state index is 0.491. The van der Waals surface area contributed by atoms with Crippen molar-refractivity contribution >= 4 is 11.8 Å². The molecule has 0 aromatic heterocycles. The minimum Gasteiger partial charge on any atom is -0.452 e. The molecule has 0 radical (unpaired) electrons. The number of hydrogen-bond donors (Lipinski definition) is 1. The Labute approximate surface area is 84.7 Å². The maximum atomic E-state index is 10.7. The zero-order valence-electron chi connectivity index (χ0n) is 8.88. The summed E-state index contributed by atoms with van der Waals surface area (Å²) in [5.41, 5.74) is 3.45. The summed E-state index contributed by atoms with van der Waals surface area (Å²) >= 11 is 0. The van der Waals surface area contributed by atoms with Crippen LogP contribution in [0.25, 0.3) is 0 Å². The minimum atomic E-state index is -0.491. The fourth-order valence-corrected chi connectivity index (χ4v) is 1.70. The SMILES string of the molecule is CCC1CCC(=NNC(=O)OC)CC1. The second kappa shape index (κ2) is 5.62. The second-order valence-electron chi connectivity index (χ2n) is 3.63. The first-order chi connectivity index (χ1) is 6.76. The predicted molar refractivity (Wildman–Crippen MR) is 55.2 cm³/mol. The van der Waals surface area contributed by atoms with E-state index in [0.29, 0.717) is 0 Å². The van der Waals surface area contributed by atoms with E-state index in [0.717, 1.165) is 24.5 Å². The molecule has 0 saturated heterocycles. The molecular weight excluding hydrogens is 180 g/mol. The van der Waals surface area contributed by atoms with Crippen LogP contribution in [0.4, 0.5) is 4.79 Å². The van der Waals surface area contributed by atoms with Crippen molar-refractivity contribution in [3.8, 4) is 0 Å². The van der Waals surface area contributed by atoms with Crippen molar-refractivity contribution in [3.05, 3.63) is 0 Å². The van der Waals surface area contributed by atoms with Gasteiger partial charge in [-0.25, -0.2) is 10.2 Å². The first kappa shape index (κ1) is 11.0. The Hall–Kier alpha value is -1.06. The summed E-state index contributed by atoms with van der Waals surface area (Å²) < 4.78 is 4.43. The van der Waals surface area contributed by atoms with Gasteiger partial charge in [0.25, 0.3) is 0 Å². The number of carbonyl (C=O) groups is 1. The van der Waals surface area contributed by atoms with Gasteiger partial charge in [0, 0.05) is 5.71 Å². The normalized spacial score (nSPS) is 21.6. The highest BCUT2D eigenvalue weighted by Gasteiger charge is 2.15. The standard InChI is InChI=1S/C10H18N2O2/c1-3-8-4-6-9(7-5-8)11-12-10(13)14-2/h8H,3-7H2,1-2H3,(H,12,13). The van der Waals surface area contributed by atoms with E-state index in [4.69, 9.17) is 0 Å². The first-order valence-corrected chi connectivity index (χ1v) is 5.15. The van der Waals surface area contributed by atoms with Crippen LogP contribution in [-0.2, 0) is 4.74 Å². The zero-order chi connectivity index (χ0) is 10.4. The number of amides is 1. The van der Waals surface area contributed by atoms with E-state index in [2.05, 4.69) is 22.2 Å². The van der Waals surface area contributed by atoms with E-state index >= 15 is 0 Å². The molecule has 0 aromatic carbocycles. The molecule has 4 nitrogen and oxygen atoms in total. The summed E-state index contributed by atoms with van der Waals surface area (Å²) in [5.74, 6) is 0.840. The topological polar surface area (TPSA) is 50.7 Å². The average Bonchev–Trinajstić information content (AvgIpc) is 2.26. The van der Waals surface area contributed by atoms with Gasteiger partial charge in [0.1, 0.15) is 0 Å². The Kier molecular flexibility index (Phi) is 4.43. The molecule has 1 aliphatic carbocycles. The van der Waals surface area contributed by atoms with E-state index in [9.17, 15) is 4.79 Å². The van der Waals surface area contributed by atoms with E-state index in [1.165, 1.54) is 26.4 Å². The molecule has 0 bridgehead atoms. The molecule has 0 unspecified atom stereocenters. The smallest absolute Gasteiger partial charge is 0.427 e. The van der Waals surface area contributed by atoms with Crippen LogP contribution in [0.2, 0.25) is 0 Å². The second-order valence-corrected chi connectivity index (χ2v) is 3.63. The number of nitrogens with zero attached hydrogens (tertiary/aromatic N) is 1. The van der Waals surface area contributed by atoms with Gasteiger partial charge in [-0.15, -0.1) is 0 Å². The molecule has 1 amide bonds. The Morgan fingerprint density at radius 1 is 1.57 bits per heavy atom. The monoisotopic (exact) mass is 198 g/mol. The van der Waals surface area contributed by atoms with Gasteiger partial charge in [-0.3, -0.25) is 0 Å². The molecule has 1 N–H and O–H groups in total. The predicted octanol–water partition coefficient (Wildman–Crippen LogP) is 2.30. The van der Waals surface area contributed by atoms with Gasteiger partial charge in [-0.1, -0.05) is 13.3 Å². The maximum absolute atomic E-state index is 10.7. The summed E-state index contributed by atoms with van der Waals surface area (Å²) in [6.07, 6.45) is 5.15. The van der Waals surface area contributed by atoms with Gasteiger partial charge in [0.2, 0.25) is 0 Å². The van der Waals surface area contributed by atoms with Crippen molar-refractivity contribution in [2.24, 2.45) is 11.0 Å². The van der Waals surface area contributed by atoms with Crippen LogP contribution >= 0.6 is 0 Å². The number of carbonyl (C=O) groups excluding carboxylic acids is 1. The van der Waals surface area contributed by atoms with E-state index < -0.39 is 6.09 Å². The zero-order valence-corrected chi connectivity index (χ0v) is 8.88. The van der Waals surface area contributed by atoms with Gasteiger partial charge < -0.3 is 4.74 Å². The lowest BCUT2D eigenvalue weighted by Gasteiger charge is -2.21. The molecule has 0 spiro atoms. The summed E-state index contributed by atoms with van der Waals surface area (Å²) in [6.45, 7) is 2.22. The molecule has 0 aliphatic heterocycles. The van der Waals surface area contributed by atoms with Crippen molar-refractivity contribution in [1.29, 1.82) is 0 Å². The quantitative estimate of drug-likeness (QED) is 0.692. The summed E-state index contributed by atoms with van der Waals surface area (Å²) in [4.78, 5) is 10.7. The van der Waals surface area contributed by atoms with Crippen LogP contribution in [0.5, 0.6) is 0 Å². The van der Waals surface area contributed by atoms with Crippen LogP contribution in [0.3, 0.4) is 0 Å². The highest BCUT2D eigenvalue weighted by atomic mass is 16.5. The third kappa shape index (κ3) is 3.36. The number of hydrogen-bond acceptors (Lipinski definition) is 3. The van der Waals surface area contributed by atoms with Crippen molar-refractivity contribution < 1.29 is 9.53 Å². The molecule has 4 heteroatoms. The number of rotatable bonds is 2. The Morgan fingerprint density at radius 2 is 2.21 bits per heavy atom. The Bertz CT molecular complexity index is 216. The number of nitrogens with one attached hydrogen (secondary N) is 1. The molecule has 0 atom stereocenters. The highest BCUT2D eigenvalue weighted by Crippen LogP contribution is 2.24. The van der Waals surface area contributed by atoms with Crippen LogP contribution in [0.1, 0.15) is 39.0 Å². The molecule has 80 valence electrons. The number of ether oxygens (including phenoxy) is 1. The number of methoxy groups -OCH3 is 1. The van der Waals surface area contributed by atoms with Crippen LogP contribution in [0.15, 0.2) is 5.10 Å². The van der Waals surface area contributed by atoms with E-state index in [1.54, 1.807) is 0 Å². The molecule has 1 saturated carbocycles. The van der Waals surface area contributed by atoms with Crippen molar-refractivity contribution in [2.75, 3.05) is 7.11 Å². The van der Waals surface area contributed by atoms with Gasteiger partial charge in [-0.2, -0.15) is 5.10 Å². The fraction of sp³-hybridized carbons (Fsp3) is 0.800. The largest absolute Gasteiger partial charge is 0.452 e. The summed E-state index contributed by atoms with van der Waals surface area (Å²) in [7, 11) is 1.34. The molecule has 0 aromatic rings. The van der Waals surface area contributed by atoms with Crippen LogP contribution < -0.4 is 5.43 Å². The first-order valence-electron chi connectivity index (χ1n) is 5.15. The van der Waals surface area contributed by atoms with Crippen molar-refractivity contribution in [3.63, 3.8) is 0 Å².